The van der Waals surface area contributed by atoms with E-state index in [0.29, 0.717) is 0 Å². The Labute approximate surface area is 248 Å². The van der Waals surface area contributed by atoms with Gasteiger partial charge < -0.3 is 9.80 Å². The maximum Gasteiger partial charge on any atom is 0.252 e. The van der Waals surface area contributed by atoms with Gasteiger partial charge in [0.25, 0.3) is 6.71 Å². The highest BCUT2D eigenvalue weighted by Crippen LogP contribution is 2.61. The molecule has 5 aromatic rings. The first-order valence-corrected chi connectivity index (χ1v) is 15.8. The van der Waals surface area contributed by atoms with Crippen molar-refractivity contribution >= 4 is 51.5 Å². The Morgan fingerprint density at radius 2 is 1.40 bits per heavy atom. The number of para-hydroxylation sites is 2. The van der Waals surface area contributed by atoms with E-state index in [-0.39, 0.29) is 17.7 Å². The van der Waals surface area contributed by atoms with Crippen LogP contribution < -0.4 is 26.2 Å². The molecule has 202 valence electrons. The molecule has 2 aliphatic carbocycles. The van der Waals surface area contributed by atoms with Crippen LogP contribution in [0, 0.1) is 0 Å². The molecule has 3 heteroatoms. The van der Waals surface area contributed by atoms with Gasteiger partial charge in [0.1, 0.15) is 0 Å². The Kier molecular flexibility index (Phi) is 4.32. The molecule has 0 spiro atoms. The van der Waals surface area contributed by atoms with Crippen LogP contribution in [0.15, 0.2) is 103 Å². The van der Waals surface area contributed by atoms with Crippen LogP contribution in [0.4, 0.5) is 28.4 Å². The zero-order chi connectivity index (χ0) is 27.8. The van der Waals surface area contributed by atoms with Crippen LogP contribution in [0.25, 0.3) is 11.1 Å². The molecule has 5 aromatic carbocycles. The molecule has 3 aliphatic heterocycles. The molecule has 5 aliphatic rings. The minimum absolute atomic E-state index is 0.0624. The van der Waals surface area contributed by atoms with Crippen LogP contribution in [0.1, 0.15) is 56.2 Å². The van der Waals surface area contributed by atoms with Crippen LogP contribution in [0.2, 0.25) is 0 Å². The second-order valence-electron chi connectivity index (χ2n) is 13.6. The van der Waals surface area contributed by atoms with Gasteiger partial charge in [-0.2, -0.15) is 0 Å². The lowest BCUT2D eigenvalue weighted by Gasteiger charge is -2.52. The van der Waals surface area contributed by atoms with E-state index in [2.05, 4.69) is 127 Å². The predicted octanol–water partition coefficient (Wildman–Crippen LogP) is 7.61. The van der Waals surface area contributed by atoms with Crippen LogP contribution in [-0.2, 0) is 11.8 Å². The van der Waals surface area contributed by atoms with Gasteiger partial charge in [-0.1, -0.05) is 92.6 Å². The summed E-state index contributed by atoms with van der Waals surface area (Å²) >= 11 is 0. The molecule has 0 N–H and O–H groups in total. The first kappa shape index (κ1) is 23.3. The number of anilines is 5. The van der Waals surface area contributed by atoms with E-state index in [4.69, 9.17) is 0 Å². The lowest BCUT2D eigenvalue weighted by Crippen LogP contribution is -2.64. The topological polar surface area (TPSA) is 6.48 Å². The number of benzene rings is 5. The Hall–Kier alpha value is -4.24. The summed E-state index contributed by atoms with van der Waals surface area (Å²) in [5, 5.41) is 0. The minimum atomic E-state index is 0.0624. The Bertz CT molecular complexity index is 1980. The molecule has 0 saturated heterocycles. The van der Waals surface area contributed by atoms with E-state index in [9.17, 15) is 0 Å². The average Bonchev–Trinajstić information content (AvgIpc) is 3.51. The summed E-state index contributed by atoms with van der Waals surface area (Å²) in [4.78, 5) is 5.37. The summed E-state index contributed by atoms with van der Waals surface area (Å²) in [7, 11) is 0. The van der Waals surface area contributed by atoms with Crippen molar-refractivity contribution in [2.45, 2.75) is 56.9 Å². The molecule has 3 heterocycles. The number of hydrogen-bond acceptors (Lipinski definition) is 2. The van der Waals surface area contributed by atoms with Crippen LogP contribution in [-0.4, -0.2) is 12.3 Å². The van der Waals surface area contributed by atoms with Crippen molar-refractivity contribution < 1.29 is 0 Å². The van der Waals surface area contributed by atoms with Gasteiger partial charge in [0.2, 0.25) is 0 Å². The first-order chi connectivity index (χ1) is 20.6. The molecular weight excluding hydrogens is 507 g/mol. The van der Waals surface area contributed by atoms with Crippen LogP contribution >= 0.6 is 0 Å². The quantitative estimate of drug-likeness (QED) is 0.198. The monoisotopic (exact) mass is 540 g/mol. The molecule has 1 fully saturated rings. The van der Waals surface area contributed by atoms with Gasteiger partial charge in [-0.05, 0) is 101 Å². The Balaban J connectivity index is 1.36. The molecule has 10 rings (SSSR count). The van der Waals surface area contributed by atoms with Gasteiger partial charge in [-0.3, -0.25) is 0 Å². The van der Waals surface area contributed by atoms with Crippen molar-refractivity contribution in [2.24, 2.45) is 0 Å². The lowest BCUT2D eigenvalue weighted by molar-refractivity contribution is 0.195. The molecule has 0 bridgehead atoms. The van der Waals surface area contributed by atoms with E-state index in [1.165, 1.54) is 92.8 Å². The molecule has 0 amide bonds. The molecule has 1 saturated carbocycles. The van der Waals surface area contributed by atoms with E-state index in [1.807, 2.05) is 0 Å². The van der Waals surface area contributed by atoms with E-state index < -0.39 is 0 Å². The maximum absolute atomic E-state index is 2.82. The number of rotatable bonds is 1. The number of hydrogen-bond donors (Lipinski definition) is 0. The first-order valence-electron chi connectivity index (χ1n) is 15.8. The normalized spacial score (nSPS) is 23.5. The molecule has 0 radical (unpaired) electrons. The second kappa shape index (κ2) is 7.78. The molecule has 2 unspecified atom stereocenters. The second-order valence-corrected chi connectivity index (χ2v) is 13.6. The molecular formula is C39H33BN2. The Morgan fingerprint density at radius 3 is 2.31 bits per heavy atom. The average molecular weight is 541 g/mol. The summed E-state index contributed by atoms with van der Waals surface area (Å²) in [6.07, 6.45) is 6.11. The summed E-state index contributed by atoms with van der Waals surface area (Å²) in [6, 6.07) is 39.4. The zero-order valence-electron chi connectivity index (χ0n) is 24.3. The molecule has 0 aromatic heterocycles. The lowest BCUT2D eigenvalue weighted by atomic mass is 9.32. The third kappa shape index (κ3) is 2.57. The van der Waals surface area contributed by atoms with E-state index in [1.54, 1.807) is 5.56 Å². The van der Waals surface area contributed by atoms with Gasteiger partial charge in [-0.25, -0.2) is 0 Å². The minimum Gasteiger partial charge on any atom is -0.335 e. The maximum atomic E-state index is 2.82. The fourth-order valence-electron chi connectivity index (χ4n) is 9.80. The van der Waals surface area contributed by atoms with Crippen LogP contribution in [0.3, 0.4) is 0 Å². The highest BCUT2D eigenvalue weighted by atomic mass is 15.3. The van der Waals surface area contributed by atoms with Crippen molar-refractivity contribution in [1.82, 2.24) is 0 Å². The van der Waals surface area contributed by atoms with Crippen LogP contribution in [0.5, 0.6) is 0 Å². The van der Waals surface area contributed by atoms with Crippen molar-refractivity contribution in [3.05, 3.63) is 120 Å². The number of fused-ring (bicyclic) bond motifs is 11. The van der Waals surface area contributed by atoms with Gasteiger partial charge in [-0.15, -0.1) is 0 Å². The molecule has 2 atom stereocenters. The molecule has 2 nitrogen and oxygen atoms in total. The van der Waals surface area contributed by atoms with Crippen molar-refractivity contribution in [3.63, 3.8) is 0 Å². The van der Waals surface area contributed by atoms with E-state index >= 15 is 0 Å². The fraction of sp³-hybridized carbons (Fsp3) is 0.231. The molecule has 42 heavy (non-hydrogen) atoms. The van der Waals surface area contributed by atoms with Gasteiger partial charge >= 0.3 is 0 Å². The van der Waals surface area contributed by atoms with Crippen molar-refractivity contribution in [1.29, 1.82) is 0 Å². The SMILES string of the molecule is CC12CCCCC1(C)N1c3cccc4c3B(c3cccc2c31)c1c(ccc2c1-c1ccccc1C2)N4c1ccccc1. The van der Waals surface area contributed by atoms with Gasteiger partial charge in [0.15, 0.2) is 0 Å². The largest absolute Gasteiger partial charge is 0.335 e. The number of nitrogens with zero attached hydrogens (tertiary/aromatic N) is 2. The van der Waals surface area contributed by atoms with Gasteiger partial charge in [0.05, 0.1) is 5.54 Å². The van der Waals surface area contributed by atoms with Crippen molar-refractivity contribution in [2.75, 3.05) is 9.80 Å². The summed E-state index contributed by atoms with van der Waals surface area (Å²) in [6.45, 7) is 5.33. The Morgan fingerprint density at radius 1 is 0.643 bits per heavy atom. The predicted molar refractivity (Wildman–Crippen MR) is 177 cm³/mol. The standard InChI is InChI=1S/C39H33BN2/c1-38-22-8-9-23-39(38,2)42-33-19-11-18-31-35(33)40(30-17-10-16-29(38)37(30)42)36-32(41(31)27-13-4-3-5-14-27)21-20-26-24-25-12-6-7-15-28(25)34(26)36/h3-7,10-21H,8-9,22-24H2,1-2H3. The summed E-state index contributed by atoms with van der Waals surface area (Å²) in [5.74, 6) is 0. The third-order valence-corrected chi connectivity index (χ3v) is 11.8. The van der Waals surface area contributed by atoms with E-state index in [0.717, 1.165) is 6.42 Å². The third-order valence-electron chi connectivity index (χ3n) is 11.8. The van der Waals surface area contributed by atoms with Crippen molar-refractivity contribution in [3.8, 4) is 11.1 Å². The summed E-state index contributed by atoms with van der Waals surface area (Å²) in [5.41, 5.74) is 18.8. The smallest absolute Gasteiger partial charge is 0.252 e. The highest BCUT2D eigenvalue weighted by Gasteiger charge is 2.61. The summed E-state index contributed by atoms with van der Waals surface area (Å²) < 4.78 is 0. The fourth-order valence-corrected chi connectivity index (χ4v) is 9.80. The van der Waals surface area contributed by atoms with Gasteiger partial charge in [0, 0.05) is 33.9 Å². The zero-order valence-corrected chi connectivity index (χ0v) is 24.3. The highest BCUT2D eigenvalue weighted by molar-refractivity contribution is 7.01.